The maximum Gasteiger partial charge on any atom is 0.341 e. The number of rotatable bonds is 4. The van der Waals surface area contributed by atoms with Crippen molar-refractivity contribution in [3.05, 3.63) is 35.9 Å². The Balaban J connectivity index is 2.80. The number of aryl methyl sites for hydroxylation is 1. The van der Waals surface area contributed by atoms with Gasteiger partial charge in [0.25, 0.3) is 0 Å². The molecular weight excluding hydrogens is 308 g/mol. The minimum absolute atomic E-state index is 0.00824. The van der Waals surface area contributed by atoms with Crippen molar-refractivity contribution in [2.45, 2.75) is 11.8 Å². The molecule has 0 amide bonds. The third-order valence-electron chi connectivity index (χ3n) is 3.08. The summed E-state index contributed by atoms with van der Waals surface area (Å²) in [5.74, 6) is -0.448. The second-order valence-electron chi connectivity index (χ2n) is 4.71. The standard InChI is InChI=1S/C14H16N2O5S/c1-9-7-16(8-15-9)11-6-12(20-2)10(14(17)21-3)5-13(11)22(4,18)19/h5-8H,1-4H3. The molecule has 0 saturated carbocycles. The van der Waals surface area contributed by atoms with Crippen LogP contribution < -0.4 is 4.74 Å². The zero-order chi connectivity index (χ0) is 16.5. The number of sulfone groups is 1. The van der Waals surface area contributed by atoms with E-state index in [4.69, 9.17) is 4.74 Å². The van der Waals surface area contributed by atoms with E-state index in [0.717, 1.165) is 11.9 Å². The number of esters is 1. The summed E-state index contributed by atoms with van der Waals surface area (Å²) in [6.07, 6.45) is 4.25. The highest BCUT2D eigenvalue weighted by molar-refractivity contribution is 7.90. The number of hydrogen-bond donors (Lipinski definition) is 0. The molecule has 0 unspecified atom stereocenters. The molecule has 0 aliphatic heterocycles. The van der Waals surface area contributed by atoms with Crippen LogP contribution in [0.1, 0.15) is 16.1 Å². The number of methoxy groups -OCH3 is 2. The summed E-state index contributed by atoms with van der Waals surface area (Å²) < 4.78 is 35.5. The zero-order valence-electron chi connectivity index (χ0n) is 12.7. The molecule has 0 atom stereocenters. The highest BCUT2D eigenvalue weighted by Crippen LogP contribution is 2.30. The van der Waals surface area contributed by atoms with Gasteiger partial charge in [-0.15, -0.1) is 0 Å². The third-order valence-corrected chi connectivity index (χ3v) is 4.20. The fraction of sp³-hybridized carbons (Fsp3) is 0.286. The van der Waals surface area contributed by atoms with Gasteiger partial charge in [0.1, 0.15) is 11.3 Å². The van der Waals surface area contributed by atoms with E-state index < -0.39 is 15.8 Å². The van der Waals surface area contributed by atoms with Gasteiger partial charge in [0.2, 0.25) is 0 Å². The summed E-state index contributed by atoms with van der Waals surface area (Å²) in [4.78, 5) is 15.9. The summed E-state index contributed by atoms with van der Waals surface area (Å²) in [7, 11) is -0.963. The molecule has 0 saturated heterocycles. The smallest absolute Gasteiger partial charge is 0.341 e. The molecule has 0 aliphatic carbocycles. The lowest BCUT2D eigenvalue weighted by Crippen LogP contribution is -2.10. The molecule has 7 nitrogen and oxygen atoms in total. The number of ether oxygens (including phenoxy) is 2. The summed E-state index contributed by atoms with van der Waals surface area (Å²) in [6, 6.07) is 2.73. The van der Waals surface area contributed by atoms with E-state index in [0.29, 0.717) is 5.69 Å². The van der Waals surface area contributed by atoms with Gasteiger partial charge in [-0.2, -0.15) is 0 Å². The Morgan fingerprint density at radius 3 is 2.41 bits per heavy atom. The first-order valence-electron chi connectivity index (χ1n) is 6.29. The molecule has 0 N–H and O–H groups in total. The molecule has 22 heavy (non-hydrogen) atoms. The summed E-state index contributed by atoms with van der Waals surface area (Å²) in [5, 5.41) is 0. The van der Waals surface area contributed by atoms with E-state index in [1.807, 2.05) is 0 Å². The molecule has 1 aromatic carbocycles. The second kappa shape index (κ2) is 5.80. The van der Waals surface area contributed by atoms with Crippen LogP contribution in [0.3, 0.4) is 0 Å². The van der Waals surface area contributed by atoms with Crippen LogP contribution in [0.5, 0.6) is 5.75 Å². The Kier molecular flexibility index (Phi) is 4.23. The lowest BCUT2D eigenvalue weighted by atomic mass is 10.1. The number of nitrogens with zero attached hydrogens (tertiary/aromatic N) is 2. The Morgan fingerprint density at radius 1 is 1.27 bits per heavy atom. The topological polar surface area (TPSA) is 87.5 Å². The van der Waals surface area contributed by atoms with Crippen LogP contribution in [-0.4, -0.2) is 44.4 Å². The molecule has 0 radical (unpaired) electrons. The van der Waals surface area contributed by atoms with Crippen molar-refractivity contribution in [3.63, 3.8) is 0 Å². The quantitative estimate of drug-likeness (QED) is 0.790. The first kappa shape index (κ1) is 16.0. The maximum atomic E-state index is 12.1. The molecular formula is C14H16N2O5S. The molecule has 0 aliphatic rings. The van der Waals surface area contributed by atoms with Gasteiger partial charge < -0.3 is 14.0 Å². The van der Waals surface area contributed by atoms with E-state index >= 15 is 0 Å². The van der Waals surface area contributed by atoms with Crippen LogP contribution in [0.15, 0.2) is 29.6 Å². The maximum absolute atomic E-state index is 12.1. The van der Waals surface area contributed by atoms with Gasteiger partial charge in [0.05, 0.1) is 36.8 Å². The molecule has 0 fully saturated rings. The molecule has 2 rings (SSSR count). The van der Waals surface area contributed by atoms with Gasteiger partial charge in [-0.05, 0) is 13.0 Å². The molecule has 1 aromatic heterocycles. The van der Waals surface area contributed by atoms with E-state index in [-0.39, 0.29) is 16.2 Å². The summed E-state index contributed by atoms with van der Waals surface area (Å²) in [5.41, 5.74) is 1.13. The van der Waals surface area contributed by atoms with Crippen LogP contribution >= 0.6 is 0 Å². The Hall–Kier alpha value is -2.35. The van der Waals surface area contributed by atoms with Crippen molar-refractivity contribution in [2.24, 2.45) is 0 Å². The lowest BCUT2D eigenvalue weighted by molar-refractivity contribution is 0.0597. The molecule has 0 spiro atoms. The van der Waals surface area contributed by atoms with Crippen molar-refractivity contribution >= 4 is 15.8 Å². The minimum Gasteiger partial charge on any atom is -0.496 e. The molecule has 2 aromatic rings. The van der Waals surface area contributed by atoms with Gasteiger partial charge >= 0.3 is 5.97 Å². The van der Waals surface area contributed by atoms with Crippen LogP contribution in [0.4, 0.5) is 0 Å². The zero-order valence-corrected chi connectivity index (χ0v) is 13.5. The normalized spacial score (nSPS) is 11.3. The van der Waals surface area contributed by atoms with Gasteiger partial charge in [0, 0.05) is 18.5 Å². The fourth-order valence-corrected chi connectivity index (χ4v) is 2.92. The van der Waals surface area contributed by atoms with Crippen molar-refractivity contribution in [1.29, 1.82) is 0 Å². The largest absolute Gasteiger partial charge is 0.496 e. The average Bonchev–Trinajstić information content (AvgIpc) is 2.90. The first-order valence-corrected chi connectivity index (χ1v) is 8.18. The van der Waals surface area contributed by atoms with Crippen LogP contribution in [-0.2, 0) is 14.6 Å². The number of carbonyl (C=O) groups excluding carboxylic acids is 1. The molecule has 118 valence electrons. The van der Waals surface area contributed by atoms with Crippen molar-refractivity contribution < 1.29 is 22.7 Å². The number of aromatic nitrogens is 2. The summed E-state index contributed by atoms with van der Waals surface area (Å²) in [6.45, 7) is 1.79. The molecule has 8 heteroatoms. The van der Waals surface area contributed by atoms with Crippen LogP contribution in [0.2, 0.25) is 0 Å². The average molecular weight is 324 g/mol. The van der Waals surface area contributed by atoms with Gasteiger partial charge in [0.15, 0.2) is 9.84 Å². The van der Waals surface area contributed by atoms with Crippen LogP contribution in [0.25, 0.3) is 5.69 Å². The van der Waals surface area contributed by atoms with E-state index in [9.17, 15) is 13.2 Å². The van der Waals surface area contributed by atoms with Gasteiger partial charge in [-0.25, -0.2) is 18.2 Å². The monoisotopic (exact) mass is 324 g/mol. The fourth-order valence-electron chi connectivity index (χ4n) is 2.04. The Morgan fingerprint density at radius 2 is 1.95 bits per heavy atom. The highest BCUT2D eigenvalue weighted by atomic mass is 32.2. The molecule has 1 heterocycles. The number of benzene rings is 1. The van der Waals surface area contributed by atoms with Crippen molar-refractivity contribution in [2.75, 3.05) is 20.5 Å². The van der Waals surface area contributed by atoms with Gasteiger partial charge in [-0.1, -0.05) is 0 Å². The van der Waals surface area contributed by atoms with Crippen molar-refractivity contribution in [3.8, 4) is 11.4 Å². The van der Waals surface area contributed by atoms with E-state index in [1.165, 1.54) is 32.7 Å². The Labute approximate surface area is 128 Å². The minimum atomic E-state index is -3.57. The predicted molar refractivity (Wildman–Crippen MR) is 79.3 cm³/mol. The Bertz CT molecular complexity index is 824. The number of hydrogen-bond acceptors (Lipinski definition) is 6. The molecule has 0 bridgehead atoms. The predicted octanol–water partition coefficient (Wildman–Crippen LogP) is 1.38. The second-order valence-corrected chi connectivity index (χ2v) is 6.69. The van der Waals surface area contributed by atoms with Crippen molar-refractivity contribution in [1.82, 2.24) is 9.55 Å². The number of carbonyl (C=O) groups is 1. The van der Waals surface area contributed by atoms with E-state index in [2.05, 4.69) is 9.72 Å². The first-order chi connectivity index (χ1) is 10.3. The van der Waals surface area contributed by atoms with Crippen LogP contribution in [0, 0.1) is 6.92 Å². The highest BCUT2D eigenvalue weighted by Gasteiger charge is 2.22. The van der Waals surface area contributed by atoms with E-state index in [1.54, 1.807) is 17.7 Å². The number of imidazole rings is 1. The SMILES string of the molecule is COC(=O)c1cc(S(C)(=O)=O)c(-n2cnc(C)c2)cc1OC. The lowest BCUT2D eigenvalue weighted by Gasteiger charge is -2.14. The summed E-state index contributed by atoms with van der Waals surface area (Å²) >= 11 is 0. The third kappa shape index (κ3) is 2.96. The van der Waals surface area contributed by atoms with Gasteiger partial charge in [-0.3, -0.25) is 0 Å².